The largest absolute Gasteiger partial charge is 0.393 e. The molecule has 0 aromatic carbocycles. The van der Waals surface area contributed by atoms with Gasteiger partial charge in [-0.15, -0.1) is 0 Å². The van der Waals surface area contributed by atoms with Crippen molar-refractivity contribution in [2.75, 3.05) is 6.54 Å². The maximum absolute atomic E-state index is 12.4. The standard InChI is InChI=1S/C18H33NO2/c1-18(2,15-10-4-5-11-15)17(21)19-13-7-9-14-8-3-6-12-16(14)20/h14-16,20H,3-13H2,1-2H3,(H,19,21). The number of hydrogen-bond acceptors (Lipinski definition) is 2. The monoisotopic (exact) mass is 295 g/mol. The summed E-state index contributed by atoms with van der Waals surface area (Å²) in [6.45, 7) is 4.96. The van der Waals surface area contributed by atoms with Crippen molar-refractivity contribution in [3.05, 3.63) is 0 Å². The van der Waals surface area contributed by atoms with Gasteiger partial charge in [0, 0.05) is 12.0 Å². The van der Waals surface area contributed by atoms with Gasteiger partial charge >= 0.3 is 0 Å². The second-order valence-electron chi connectivity index (χ2n) is 7.71. The zero-order valence-electron chi connectivity index (χ0n) is 13.9. The van der Waals surface area contributed by atoms with Crippen LogP contribution in [0.1, 0.15) is 78.1 Å². The molecule has 0 aromatic heterocycles. The number of carbonyl (C=O) groups is 1. The Balaban J connectivity index is 1.66. The number of nitrogens with one attached hydrogen (secondary N) is 1. The van der Waals surface area contributed by atoms with Crippen LogP contribution in [0.25, 0.3) is 0 Å². The molecule has 1 amide bonds. The Labute approximate surface area is 129 Å². The summed E-state index contributed by atoms with van der Waals surface area (Å²) in [7, 11) is 0. The van der Waals surface area contributed by atoms with E-state index < -0.39 is 0 Å². The SMILES string of the molecule is CC(C)(C(=O)NCCCC1CCCCC1O)C1CCCC1. The first kappa shape index (κ1) is 16.8. The molecule has 2 aliphatic rings. The third-order valence-corrected chi connectivity index (χ3v) is 5.87. The Hall–Kier alpha value is -0.570. The fraction of sp³-hybridized carbons (Fsp3) is 0.944. The van der Waals surface area contributed by atoms with Crippen molar-refractivity contribution < 1.29 is 9.90 Å². The summed E-state index contributed by atoms with van der Waals surface area (Å²) in [5.74, 6) is 1.23. The molecule has 0 heterocycles. The average molecular weight is 295 g/mol. The van der Waals surface area contributed by atoms with Crippen LogP contribution in [-0.2, 0) is 4.79 Å². The van der Waals surface area contributed by atoms with Gasteiger partial charge in [-0.3, -0.25) is 4.79 Å². The van der Waals surface area contributed by atoms with Gasteiger partial charge in [-0.05, 0) is 50.4 Å². The molecule has 2 saturated carbocycles. The molecule has 0 aromatic rings. The number of carbonyl (C=O) groups excluding carboxylic acids is 1. The lowest BCUT2D eigenvalue weighted by molar-refractivity contribution is -0.132. The van der Waals surface area contributed by atoms with Crippen molar-refractivity contribution in [2.24, 2.45) is 17.3 Å². The van der Waals surface area contributed by atoms with Gasteiger partial charge in [0.2, 0.25) is 5.91 Å². The van der Waals surface area contributed by atoms with Gasteiger partial charge in [0.15, 0.2) is 0 Å². The molecule has 2 N–H and O–H groups in total. The molecule has 2 aliphatic carbocycles. The molecular formula is C18H33NO2. The Bertz CT molecular complexity index is 334. The molecule has 0 spiro atoms. The fourth-order valence-corrected chi connectivity index (χ4v) is 4.15. The van der Waals surface area contributed by atoms with Crippen LogP contribution >= 0.6 is 0 Å². The van der Waals surface area contributed by atoms with Crippen LogP contribution < -0.4 is 5.32 Å². The van der Waals surface area contributed by atoms with E-state index >= 15 is 0 Å². The molecule has 2 unspecified atom stereocenters. The Morgan fingerprint density at radius 2 is 1.71 bits per heavy atom. The van der Waals surface area contributed by atoms with Crippen LogP contribution in [-0.4, -0.2) is 23.7 Å². The van der Waals surface area contributed by atoms with Crippen LogP contribution in [0.2, 0.25) is 0 Å². The van der Waals surface area contributed by atoms with Gasteiger partial charge < -0.3 is 10.4 Å². The van der Waals surface area contributed by atoms with Crippen molar-refractivity contribution in [1.82, 2.24) is 5.32 Å². The predicted octanol–water partition coefficient (Wildman–Crippen LogP) is 3.65. The van der Waals surface area contributed by atoms with Crippen LogP contribution in [0.5, 0.6) is 0 Å². The molecule has 3 heteroatoms. The summed E-state index contributed by atoms with van der Waals surface area (Å²) in [5, 5.41) is 13.1. The normalized spacial score (nSPS) is 27.8. The number of rotatable bonds is 6. The van der Waals surface area contributed by atoms with Crippen LogP contribution in [0.4, 0.5) is 0 Å². The number of aliphatic hydroxyl groups is 1. The van der Waals surface area contributed by atoms with Crippen molar-refractivity contribution in [3.8, 4) is 0 Å². The molecule has 21 heavy (non-hydrogen) atoms. The second kappa shape index (κ2) is 7.62. The van der Waals surface area contributed by atoms with Gasteiger partial charge in [0.25, 0.3) is 0 Å². The van der Waals surface area contributed by atoms with Gasteiger partial charge in [0.1, 0.15) is 0 Å². The highest BCUT2D eigenvalue weighted by molar-refractivity contribution is 5.82. The molecule has 2 rings (SSSR count). The smallest absolute Gasteiger partial charge is 0.225 e. The van der Waals surface area contributed by atoms with Crippen LogP contribution in [0.3, 0.4) is 0 Å². The third kappa shape index (κ3) is 4.45. The topological polar surface area (TPSA) is 49.3 Å². The zero-order valence-corrected chi connectivity index (χ0v) is 13.9. The Morgan fingerprint density at radius 1 is 1.10 bits per heavy atom. The van der Waals surface area contributed by atoms with Crippen LogP contribution in [0.15, 0.2) is 0 Å². The van der Waals surface area contributed by atoms with Crippen molar-refractivity contribution >= 4 is 5.91 Å². The minimum absolute atomic E-state index is 0.107. The van der Waals surface area contributed by atoms with Gasteiger partial charge in [-0.25, -0.2) is 0 Å². The molecular weight excluding hydrogens is 262 g/mol. The highest BCUT2D eigenvalue weighted by atomic mass is 16.3. The quantitative estimate of drug-likeness (QED) is 0.735. The molecule has 0 radical (unpaired) electrons. The molecule has 122 valence electrons. The Kier molecular flexibility index (Phi) is 6.09. The minimum atomic E-state index is -0.221. The molecule has 3 nitrogen and oxygen atoms in total. The van der Waals surface area contributed by atoms with Crippen molar-refractivity contribution in [1.29, 1.82) is 0 Å². The van der Waals surface area contributed by atoms with E-state index in [0.29, 0.717) is 11.8 Å². The number of aliphatic hydroxyl groups excluding tert-OH is 1. The maximum Gasteiger partial charge on any atom is 0.225 e. The van der Waals surface area contributed by atoms with E-state index in [-0.39, 0.29) is 17.4 Å². The molecule has 2 atom stereocenters. The summed E-state index contributed by atoms with van der Waals surface area (Å²) >= 11 is 0. The van der Waals surface area contributed by atoms with E-state index in [1.54, 1.807) is 0 Å². The summed E-state index contributed by atoms with van der Waals surface area (Å²) < 4.78 is 0. The highest BCUT2D eigenvalue weighted by Crippen LogP contribution is 2.39. The Morgan fingerprint density at radius 3 is 2.38 bits per heavy atom. The lowest BCUT2D eigenvalue weighted by Gasteiger charge is -2.30. The van der Waals surface area contributed by atoms with E-state index in [1.165, 1.54) is 38.5 Å². The zero-order chi connectivity index (χ0) is 15.3. The highest BCUT2D eigenvalue weighted by Gasteiger charge is 2.37. The maximum atomic E-state index is 12.4. The third-order valence-electron chi connectivity index (χ3n) is 5.87. The predicted molar refractivity (Wildman–Crippen MR) is 85.9 cm³/mol. The molecule has 0 bridgehead atoms. The van der Waals surface area contributed by atoms with Gasteiger partial charge in [-0.1, -0.05) is 39.5 Å². The lowest BCUT2D eigenvalue weighted by Crippen LogP contribution is -2.41. The van der Waals surface area contributed by atoms with E-state index in [2.05, 4.69) is 19.2 Å². The number of hydrogen-bond donors (Lipinski definition) is 2. The molecule has 0 aliphatic heterocycles. The molecule has 2 fully saturated rings. The van der Waals surface area contributed by atoms with E-state index in [9.17, 15) is 9.90 Å². The van der Waals surface area contributed by atoms with Gasteiger partial charge in [-0.2, -0.15) is 0 Å². The number of amides is 1. The first-order chi connectivity index (χ1) is 10.0. The first-order valence-corrected chi connectivity index (χ1v) is 8.98. The first-order valence-electron chi connectivity index (χ1n) is 8.98. The average Bonchev–Trinajstić information content (AvgIpc) is 3.00. The van der Waals surface area contributed by atoms with E-state index in [4.69, 9.17) is 0 Å². The summed E-state index contributed by atoms with van der Waals surface area (Å²) in [4.78, 5) is 12.4. The van der Waals surface area contributed by atoms with E-state index in [0.717, 1.165) is 32.2 Å². The van der Waals surface area contributed by atoms with Crippen molar-refractivity contribution in [2.45, 2.75) is 84.2 Å². The summed E-state index contributed by atoms with van der Waals surface area (Å²) in [5.41, 5.74) is -0.221. The van der Waals surface area contributed by atoms with Gasteiger partial charge in [0.05, 0.1) is 6.10 Å². The van der Waals surface area contributed by atoms with Crippen LogP contribution in [0, 0.1) is 17.3 Å². The van der Waals surface area contributed by atoms with E-state index in [1.807, 2.05) is 0 Å². The van der Waals surface area contributed by atoms with Crippen molar-refractivity contribution in [3.63, 3.8) is 0 Å². The minimum Gasteiger partial charge on any atom is -0.393 e. The summed E-state index contributed by atoms with van der Waals surface area (Å²) in [6.07, 6.45) is 11.4. The fourth-order valence-electron chi connectivity index (χ4n) is 4.15. The second-order valence-corrected chi connectivity index (χ2v) is 7.71. The lowest BCUT2D eigenvalue weighted by atomic mass is 9.77. The summed E-state index contributed by atoms with van der Waals surface area (Å²) in [6, 6.07) is 0. The molecule has 0 saturated heterocycles.